The Morgan fingerprint density at radius 3 is 2.44 bits per heavy atom. The number of rotatable bonds is 4. The minimum absolute atomic E-state index is 0.191. The molecule has 0 aliphatic heterocycles. The van der Waals surface area contributed by atoms with E-state index >= 15 is 0 Å². The highest BCUT2D eigenvalue weighted by molar-refractivity contribution is 5.82. The number of fused-ring (bicyclic) bond motifs is 1. The van der Waals surface area contributed by atoms with Crippen LogP contribution in [0.5, 0.6) is 0 Å². The molecule has 3 aromatic rings. The highest BCUT2D eigenvalue weighted by atomic mass is 16.3. The lowest BCUT2D eigenvalue weighted by molar-refractivity contribution is 0.138. The molecule has 1 aromatic heterocycles. The van der Waals surface area contributed by atoms with Gasteiger partial charge in [0, 0.05) is 10.9 Å². The molecule has 0 bridgehead atoms. The Kier molecular flexibility index (Phi) is 4.22. The van der Waals surface area contributed by atoms with E-state index in [1.54, 1.807) is 0 Å². The highest BCUT2D eigenvalue weighted by Crippen LogP contribution is 2.39. The number of benzene rings is 2. The van der Waals surface area contributed by atoms with Gasteiger partial charge >= 0.3 is 0 Å². The van der Waals surface area contributed by atoms with Gasteiger partial charge in [0.2, 0.25) is 0 Å². The number of hydrogen-bond acceptors (Lipinski definition) is 2. The maximum absolute atomic E-state index is 6.07. The molecule has 0 N–H and O–H groups in total. The van der Waals surface area contributed by atoms with Crippen LogP contribution < -0.4 is 0 Å². The molecule has 0 fully saturated rings. The van der Waals surface area contributed by atoms with Crippen LogP contribution in [0.1, 0.15) is 30.6 Å². The third-order valence-electron chi connectivity index (χ3n) is 5.65. The maximum atomic E-state index is 6.07. The zero-order valence-corrected chi connectivity index (χ0v) is 15.0. The largest absolute Gasteiger partial charge is 0.456 e. The number of likely N-dealkylation sites (N-methyl/N-ethyl adjacent to an activating group) is 1. The van der Waals surface area contributed by atoms with Gasteiger partial charge in [0.15, 0.2) is 0 Å². The van der Waals surface area contributed by atoms with Gasteiger partial charge in [0.05, 0.1) is 0 Å². The Hall–Kier alpha value is -2.32. The van der Waals surface area contributed by atoms with Gasteiger partial charge in [0.25, 0.3) is 0 Å². The zero-order chi connectivity index (χ0) is 17.3. The molecule has 0 radical (unpaired) electrons. The van der Waals surface area contributed by atoms with Gasteiger partial charge in [0.1, 0.15) is 11.3 Å². The van der Waals surface area contributed by atoms with Crippen molar-refractivity contribution >= 4 is 16.5 Å². The van der Waals surface area contributed by atoms with Gasteiger partial charge in [-0.3, -0.25) is 0 Å². The summed E-state index contributed by atoms with van der Waals surface area (Å²) in [6.45, 7) is 0. The molecule has 1 heterocycles. The first kappa shape index (κ1) is 16.2. The van der Waals surface area contributed by atoms with Crippen LogP contribution in [0, 0.1) is 0 Å². The number of hydrogen-bond donors (Lipinski definition) is 0. The van der Waals surface area contributed by atoms with Crippen molar-refractivity contribution in [3.63, 3.8) is 0 Å². The van der Waals surface area contributed by atoms with Crippen molar-refractivity contribution in [2.24, 2.45) is 0 Å². The van der Waals surface area contributed by atoms with Gasteiger partial charge in [-0.05, 0) is 63.0 Å². The first-order valence-electron chi connectivity index (χ1n) is 9.06. The fourth-order valence-electron chi connectivity index (χ4n) is 3.95. The summed E-state index contributed by atoms with van der Waals surface area (Å²) in [5.41, 5.74) is 3.93. The molecule has 0 spiro atoms. The van der Waals surface area contributed by atoms with Crippen LogP contribution in [0.15, 0.2) is 71.2 Å². The average molecular weight is 331 g/mol. The van der Waals surface area contributed by atoms with Crippen molar-refractivity contribution in [3.05, 3.63) is 78.1 Å². The van der Waals surface area contributed by atoms with E-state index in [1.165, 1.54) is 16.5 Å². The van der Waals surface area contributed by atoms with E-state index in [1.807, 2.05) is 12.1 Å². The van der Waals surface area contributed by atoms with Crippen molar-refractivity contribution < 1.29 is 4.42 Å². The average Bonchev–Trinajstić information content (AvgIpc) is 3.07. The lowest BCUT2D eigenvalue weighted by Crippen LogP contribution is -2.47. The lowest BCUT2D eigenvalue weighted by Gasteiger charge is -2.42. The fraction of sp³-hybridized carbons (Fsp3) is 0.304. The predicted molar refractivity (Wildman–Crippen MR) is 105 cm³/mol. The van der Waals surface area contributed by atoms with E-state index in [0.717, 1.165) is 37.0 Å². The monoisotopic (exact) mass is 331 g/mol. The standard InChI is InChI=1S/C23H25NO/c1-24(2)23(17-18-8-4-3-5-9-18)14-12-19(13-15-23)22-16-20-10-6-7-11-21(20)25-22/h3-12,16H,13-15,17H2,1-2H3. The van der Waals surface area contributed by atoms with Crippen molar-refractivity contribution in [2.45, 2.75) is 31.2 Å². The van der Waals surface area contributed by atoms with Gasteiger partial charge in [-0.25, -0.2) is 0 Å². The second-order valence-corrected chi connectivity index (χ2v) is 7.36. The summed E-state index contributed by atoms with van der Waals surface area (Å²) < 4.78 is 6.07. The van der Waals surface area contributed by atoms with E-state index in [4.69, 9.17) is 4.42 Å². The molecular formula is C23H25NO. The summed E-state index contributed by atoms with van der Waals surface area (Å²) in [5, 5.41) is 1.19. The molecular weight excluding hydrogens is 306 g/mol. The zero-order valence-electron chi connectivity index (χ0n) is 15.0. The van der Waals surface area contributed by atoms with Crippen LogP contribution in [0.2, 0.25) is 0 Å². The summed E-state index contributed by atoms with van der Waals surface area (Å²) in [4.78, 5) is 2.41. The van der Waals surface area contributed by atoms with E-state index in [0.29, 0.717) is 0 Å². The third kappa shape index (κ3) is 3.14. The topological polar surface area (TPSA) is 16.4 Å². The SMILES string of the molecule is CN(C)C1(Cc2ccccc2)CC=C(c2cc3ccccc3o2)CC1. The third-order valence-corrected chi connectivity index (χ3v) is 5.65. The van der Waals surface area contributed by atoms with Crippen LogP contribution in [0.4, 0.5) is 0 Å². The Morgan fingerprint density at radius 2 is 1.76 bits per heavy atom. The molecule has 25 heavy (non-hydrogen) atoms. The highest BCUT2D eigenvalue weighted by Gasteiger charge is 2.35. The van der Waals surface area contributed by atoms with Crippen LogP contribution >= 0.6 is 0 Å². The van der Waals surface area contributed by atoms with Gasteiger partial charge in [-0.2, -0.15) is 0 Å². The predicted octanol–water partition coefficient (Wildman–Crippen LogP) is 5.54. The molecule has 0 amide bonds. The Bertz CT molecular complexity index is 858. The Labute approximate surface area is 149 Å². The molecule has 4 rings (SSSR count). The Morgan fingerprint density at radius 1 is 1.00 bits per heavy atom. The molecule has 0 saturated heterocycles. The van der Waals surface area contributed by atoms with Crippen LogP contribution in [0.25, 0.3) is 16.5 Å². The number of nitrogens with zero attached hydrogens (tertiary/aromatic N) is 1. The van der Waals surface area contributed by atoms with E-state index in [9.17, 15) is 0 Å². The van der Waals surface area contributed by atoms with Crippen molar-refractivity contribution in [2.75, 3.05) is 14.1 Å². The first-order chi connectivity index (χ1) is 12.2. The van der Waals surface area contributed by atoms with Gasteiger partial charge < -0.3 is 9.32 Å². The summed E-state index contributed by atoms with van der Waals surface area (Å²) in [6.07, 6.45) is 6.75. The minimum atomic E-state index is 0.191. The van der Waals surface area contributed by atoms with E-state index in [2.05, 4.69) is 73.6 Å². The summed E-state index contributed by atoms with van der Waals surface area (Å²) in [6, 6.07) is 21.3. The molecule has 1 aliphatic carbocycles. The minimum Gasteiger partial charge on any atom is -0.456 e. The summed E-state index contributed by atoms with van der Waals surface area (Å²) in [7, 11) is 4.42. The molecule has 2 aromatic carbocycles. The number of para-hydroxylation sites is 1. The molecule has 2 heteroatoms. The maximum Gasteiger partial charge on any atom is 0.134 e. The normalized spacial score (nSPS) is 20.8. The Balaban J connectivity index is 1.60. The molecule has 1 aliphatic rings. The van der Waals surface area contributed by atoms with Gasteiger partial charge in [-0.1, -0.05) is 54.6 Å². The number of allylic oxidation sites excluding steroid dienone is 1. The smallest absolute Gasteiger partial charge is 0.134 e. The summed E-state index contributed by atoms with van der Waals surface area (Å²) in [5.74, 6) is 1.04. The second-order valence-electron chi connectivity index (χ2n) is 7.36. The van der Waals surface area contributed by atoms with Crippen molar-refractivity contribution in [1.82, 2.24) is 4.90 Å². The van der Waals surface area contributed by atoms with Crippen molar-refractivity contribution in [1.29, 1.82) is 0 Å². The van der Waals surface area contributed by atoms with Crippen LogP contribution in [0.3, 0.4) is 0 Å². The second kappa shape index (κ2) is 6.53. The van der Waals surface area contributed by atoms with E-state index in [-0.39, 0.29) is 5.54 Å². The first-order valence-corrected chi connectivity index (χ1v) is 9.06. The fourth-order valence-corrected chi connectivity index (χ4v) is 3.95. The molecule has 2 nitrogen and oxygen atoms in total. The summed E-state index contributed by atoms with van der Waals surface area (Å²) >= 11 is 0. The van der Waals surface area contributed by atoms with Crippen molar-refractivity contribution in [3.8, 4) is 0 Å². The van der Waals surface area contributed by atoms with Crippen LogP contribution in [-0.4, -0.2) is 24.5 Å². The van der Waals surface area contributed by atoms with E-state index < -0.39 is 0 Å². The molecule has 128 valence electrons. The number of furan rings is 1. The van der Waals surface area contributed by atoms with Gasteiger partial charge in [-0.15, -0.1) is 0 Å². The quantitative estimate of drug-likeness (QED) is 0.624. The molecule has 1 unspecified atom stereocenters. The molecule has 1 atom stereocenters. The van der Waals surface area contributed by atoms with Crippen LogP contribution in [-0.2, 0) is 6.42 Å². The lowest BCUT2D eigenvalue weighted by atomic mass is 9.77. The molecule has 0 saturated carbocycles.